The van der Waals surface area contributed by atoms with E-state index in [0.717, 1.165) is 0 Å². The summed E-state index contributed by atoms with van der Waals surface area (Å²) in [5.41, 5.74) is 1.55. The average Bonchev–Trinajstić information content (AvgIpc) is 2.88. The predicted molar refractivity (Wildman–Crippen MR) is 83.8 cm³/mol. The molecule has 2 aromatic rings. The molecule has 2 aromatic heterocycles. The zero-order valence-corrected chi connectivity index (χ0v) is 12.9. The second kappa shape index (κ2) is 6.89. The van der Waals surface area contributed by atoms with Crippen molar-refractivity contribution in [2.24, 2.45) is 5.92 Å². The van der Waals surface area contributed by atoms with Crippen LogP contribution in [-0.2, 0) is 9.53 Å². The minimum absolute atomic E-state index is 0.213. The molecule has 6 nitrogen and oxygen atoms in total. The molecule has 0 radical (unpaired) electrons. The lowest BCUT2D eigenvalue weighted by atomic mass is 10.2. The molecule has 0 atom stereocenters. The molecule has 0 aliphatic carbocycles. The van der Waals surface area contributed by atoms with Crippen LogP contribution in [0.3, 0.4) is 0 Å². The van der Waals surface area contributed by atoms with E-state index in [-0.39, 0.29) is 5.91 Å². The molecule has 0 fully saturated rings. The number of carbonyl (C=O) groups is 2. The van der Waals surface area contributed by atoms with E-state index in [4.69, 9.17) is 4.74 Å². The lowest BCUT2D eigenvalue weighted by molar-refractivity contribution is -0.111. The van der Waals surface area contributed by atoms with Crippen molar-refractivity contribution in [3.63, 3.8) is 0 Å². The quantitative estimate of drug-likeness (QED) is 0.680. The zero-order valence-electron chi connectivity index (χ0n) is 12.9. The van der Waals surface area contributed by atoms with Gasteiger partial charge in [0.2, 0.25) is 5.91 Å². The highest BCUT2D eigenvalue weighted by molar-refractivity contribution is 6.01. The number of hydrogen-bond donors (Lipinski definition) is 1. The molecule has 0 saturated heterocycles. The van der Waals surface area contributed by atoms with Crippen LogP contribution in [0.2, 0.25) is 0 Å². The van der Waals surface area contributed by atoms with Crippen LogP contribution >= 0.6 is 0 Å². The summed E-state index contributed by atoms with van der Waals surface area (Å²) in [5.74, 6) is -0.339. The van der Waals surface area contributed by atoms with Gasteiger partial charge in [-0.1, -0.05) is 19.9 Å². The summed E-state index contributed by atoms with van der Waals surface area (Å²) in [7, 11) is 0. The van der Waals surface area contributed by atoms with Crippen LogP contribution in [0.25, 0.3) is 5.52 Å². The van der Waals surface area contributed by atoms with E-state index in [1.807, 2.05) is 19.9 Å². The lowest BCUT2D eigenvalue weighted by Crippen LogP contribution is -2.09. The Balaban J connectivity index is 2.24. The minimum atomic E-state index is -0.430. The number of amides is 1. The number of anilines is 1. The maximum absolute atomic E-state index is 11.9. The van der Waals surface area contributed by atoms with Crippen LogP contribution in [0.15, 0.2) is 36.7 Å². The van der Waals surface area contributed by atoms with Crippen molar-refractivity contribution in [3.05, 3.63) is 42.2 Å². The fraction of sp³-hybridized carbons (Fsp3) is 0.312. The first kappa shape index (κ1) is 15.8. The van der Waals surface area contributed by atoms with Gasteiger partial charge in [-0.2, -0.15) is 5.10 Å². The first-order valence-corrected chi connectivity index (χ1v) is 7.15. The summed E-state index contributed by atoms with van der Waals surface area (Å²) in [6, 6.07) is 3.41. The Hall–Kier alpha value is -2.63. The lowest BCUT2D eigenvalue weighted by Gasteiger charge is -2.04. The fourth-order valence-corrected chi connectivity index (χ4v) is 1.89. The Kier molecular flexibility index (Phi) is 4.93. The standard InChI is InChI=1S/C16H19N3O3/c1-4-22-16(21)13-10-17-19-8-7-12(9-14(13)19)18-15(20)6-5-11(2)3/h5-11H,4H2,1-3H3,(H,18,20)/b6-5+. The van der Waals surface area contributed by atoms with Gasteiger partial charge in [0.25, 0.3) is 0 Å². The molecular weight excluding hydrogens is 282 g/mol. The number of esters is 1. The van der Waals surface area contributed by atoms with E-state index in [0.29, 0.717) is 29.3 Å². The van der Waals surface area contributed by atoms with Crippen LogP contribution in [-0.4, -0.2) is 28.1 Å². The molecule has 0 aliphatic rings. The van der Waals surface area contributed by atoms with Gasteiger partial charge in [0.05, 0.1) is 18.3 Å². The summed E-state index contributed by atoms with van der Waals surface area (Å²) in [4.78, 5) is 23.7. The Morgan fingerprint density at radius 3 is 2.91 bits per heavy atom. The highest BCUT2D eigenvalue weighted by Gasteiger charge is 2.14. The topological polar surface area (TPSA) is 72.7 Å². The van der Waals surface area contributed by atoms with Crippen molar-refractivity contribution < 1.29 is 14.3 Å². The van der Waals surface area contributed by atoms with E-state index in [9.17, 15) is 9.59 Å². The maximum atomic E-state index is 11.9. The summed E-state index contributed by atoms with van der Waals surface area (Å²) in [6.45, 7) is 6.03. The van der Waals surface area contributed by atoms with Gasteiger partial charge >= 0.3 is 5.97 Å². The first-order chi connectivity index (χ1) is 10.5. The summed E-state index contributed by atoms with van der Waals surface area (Å²) in [5, 5.41) is 6.85. The van der Waals surface area contributed by atoms with Gasteiger partial charge in [-0.05, 0) is 31.1 Å². The SMILES string of the molecule is CCOC(=O)c1cnn2ccc(NC(=O)/C=C/C(C)C)cc12. The molecule has 1 N–H and O–H groups in total. The van der Waals surface area contributed by atoms with E-state index < -0.39 is 5.97 Å². The fourth-order valence-electron chi connectivity index (χ4n) is 1.89. The molecule has 6 heteroatoms. The van der Waals surface area contributed by atoms with E-state index >= 15 is 0 Å². The number of fused-ring (bicyclic) bond motifs is 1. The normalized spacial score (nSPS) is 11.3. The van der Waals surface area contributed by atoms with Crippen molar-refractivity contribution in [2.45, 2.75) is 20.8 Å². The van der Waals surface area contributed by atoms with Crippen LogP contribution in [0, 0.1) is 5.92 Å². The number of pyridine rings is 1. The molecule has 0 aliphatic heterocycles. The number of allylic oxidation sites excluding steroid dienone is 1. The summed E-state index contributed by atoms with van der Waals surface area (Å²) < 4.78 is 6.55. The highest BCUT2D eigenvalue weighted by atomic mass is 16.5. The highest BCUT2D eigenvalue weighted by Crippen LogP contribution is 2.17. The van der Waals surface area contributed by atoms with E-state index in [2.05, 4.69) is 10.4 Å². The van der Waals surface area contributed by atoms with Crippen LogP contribution < -0.4 is 5.32 Å². The van der Waals surface area contributed by atoms with Crippen molar-refractivity contribution in [2.75, 3.05) is 11.9 Å². The van der Waals surface area contributed by atoms with Crippen molar-refractivity contribution in [1.82, 2.24) is 9.61 Å². The van der Waals surface area contributed by atoms with Gasteiger partial charge in [0, 0.05) is 11.9 Å². The van der Waals surface area contributed by atoms with Crippen molar-refractivity contribution in [3.8, 4) is 0 Å². The first-order valence-electron chi connectivity index (χ1n) is 7.15. The van der Waals surface area contributed by atoms with Crippen LogP contribution in [0.4, 0.5) is 5.69 Å². The average molecular weight is 301 g/mol. The Labute approximate surface area is 128 Å². The van der Waals surface area contributed by atoms with E-state index in [1.54, 1.807) is 29.8 Å². The van der Waals surface area contributed by atoms with E-state index in [1.165, 1.54) is 12.3 Å². The predicted octanol–water partition coefficient (Wildman–Crippen LogP) is 2.66. The monoisotopic (exact) mass is 301 g/mol. The molecule has 2 rings (SSSR count). The van der Waals surface area contributed by atoms with Gasteiger partial charge in [0.15, 0.2) is 0 Å². The number of hydrogen-bond acceptors (Lipinski definition) is 4. The minimum Gasteiger partial charge on any atom is -0.462 e. The summed E-state index contributed by atoms with van der Waals surface area (Å²) >= 11 is 0. The van der Waals surface area contributed by atoms with Gasteiger partial charge in [0.1, 0.15) is 5.56 Å². The molecule has 0 saturated carbocycles. The second-order valence-electron chi connectivity index (χ2n) is 5.12. The molecular formula is C16H19N3O3. The molecule has 2 heterocycles. The Morgan fingerprint density at radius 1 is 1.45 bits per heavy atom. The van der Waals surface area contributed by atoms with Gasteiger partial charge in [-0.15, -0.1) is 0 Å². The third-order valence-corrected chi connectivity index (χ3v) is 2.92. The van der Waals surface area contributed by atoms with Gasteiger partial charge in [-0.25, -0.2) is 9.31 Å². The Morgan fingerprint density at radius 2 is 2.23 bits per heavy atom. The van der Waals surface area contributed by atoms with Crippen LogP contribution in [0.5, 0.6) is 0 Å². The number of aromatic nitrogens is 2. The Bertz CT molecular complexity index is 716. The maximum Gasteiger partial charge on any atom is 0.341 e. The molecule has 1 amide bonds. The van der Waals surface area contributed by atoms with Crippen molar-refractivity contribution in [1.29, 1.82) is 0 Å². The number of ether oxygens (including phenoxy) is 1. The van der Waals surface area contributed by atoms with Gasteiger partial charge < -0.3 is 10.1 Å². The zero-order chi connectivity index (χ0) is 16.1. The molecule has 0 unspecified atom stereocenters. The van der Waals surface area contributed by atoms with Crippen LogP contribution in [0.1, 0.15) is 31.1 Å². The molecule has 22 heavy (non-hydrogen) atoms. The molecule has 0 aromatic carbocycles. The number of nitrogens with zero attached hydrogens (tertiary/aromatic N) is 2. The van der Waals surface area contributed by atoms with Crippen molar-refractivity contribution >= 4 is 23.1 Å². The van der Waals surface area contributed by atoms with Gasteiger partial charge in [-0.3, -0.25) is 4.79 Å². The number of rotatable bonds is 5. The smallest absolute Gasteiger partial charge is 0.341 e. The molecule has 0 bridgehead atoms. The number of nitrogens with one attached hydrogen (secondary N) is 1. The third kappa shape index (κ3) is 3.72. The molecule has 0 spiro atoms. The largest absolute Gasteiger partial charge is 0.462 e. The molecule has 116 valence electrons. The third-order valence-electron chi connectivity index (χ3n) is 2.92. The summed E-state index contributed by atoms with van der Waals surface area (Å²) in [6.07, 6.45) is 6.45. The second-order valence-corrected chi connectivity index (χ2v) is 5.12. The number of carbonyl (C=O) groups excluding carboxylic acids is 2.